The minimum Gasteiger partial charge on any atom is -0.380 e. The van der Waals surface area contributed by atoms with Gasteiger partial charge in [0.1, 0.15) is 0 Å². The van der Waals surface area contributed by atoms with Gasteiger partial charge in [0.05, 0.1) is 6.61 Å². The molecule has 1 rings (SSSR count). The standard InChI is InChI=1S/C10H15ClN2O2/c1-2-3-7-15-8-6-13-5-4-12-9(11)10(13)14/h4-5H,2-3,6-8H2,1H3. The van der Waals surface area contributed by atoms with E-state index in [4.69, 9.17) is 16.3 Å². The van der Waals surface area contributed by atoms with Crippen LogP contribution in [0, 0.1) is 0 Å². The highest BCUT2D eigenvalue weighted by molar-refractivity contribution is 6.29. The second kappa shape index (κ2) is 6.58. The van der Waals surface area contributed by atoms with E-state index in [1.165, 1.54) is 10.8 Å². The van der Waals surface area contributed by atoms with Gasteiger partial charge in [-0.1, -0.05) is 24.9 Å². The second-order valence-electron chi connectivity index (χ2n) is 3.18. The van der Waals surface area contributed by atoms with Gasteiger partial charge in [0.15, 0.2) is 5.15 Å². The maximum Gasteiger partial charge on any atom is 0.288 e. The molecule has 0 aliphatic heterocycles. The van der Waals surface area contributed by atoms with E-state index in [0.717, 1.165) is 19.4 Å². The third-order valence-corrected chi connectivity index (χ3v) is 2.25. The number of ether oxygens (including phenoxy) is 1. The maximum atomic E-state index is 11.4. The summed E-state index contributed by atoms with van der Waals surface area (Å²) in [5.74, 6) is 0. The maximum absolute atomic E-state index is 11.4. The Morgan fingerprint density at radius 2 is 2.33 bits per heavy atom. The van der Waals surface area contributed by atoms with E-state index in [-0.39, 0.29) is 10.7 Å². The highest BCUT2D eigenvalue weighted by Crippen LogP contribution is 1.94. The Balaban J connectivity index is 2.38. The van der Waals surface area contributed by atoms with Crippen LogP contribution in [0.4, 0.5) is 0 Å². The van der Waals surface area contributed by atoms with Gasteiger partial charge in [0.2, 0.25) is 0 Å². The lowest BCUT2D eigenvalue weighted by atomic mass is 10.4. The number of halogens is 1. The second-order valence-corrected chi connectivity index (χ2v) is 3.54. The summed E-state index contributed by atoms with van der Waals surface area (Å²) in [5, 5.41) is 0.00561. The normalized spacial score (nSPS) is 10.5. The van der Waals surface area contributed by atoms with Crippen LogP contribution in [0.5, 0.6) is 0 Å². The molecule has 0 aliphatic rings. The molecule has 0 saturated carbocycles. The molecule has 0 atom stereocenters. The van der Waals surface area contributed by atoms with Crippen molar-refractivity contribution in [1.29, 1.82) is 0 Å². The average Bonchev–Trinajstić information content (AvgIpc) is 2.24. The van der Waals surface area contributed by atoms with Crippen LogP contribution in [-0.2, 0) is 11.3 Å². The SMILES string of the molecule is CCCCOCCn1ccnc(Cl)c1=O. The third kappa shape index (κ3) is 4.01. The summed E-state index contributed by atoms with van der Waals surface area (Å²) in [5.41, 5.74) is -0.266. The molecule has 1 aromatic heterocycles. The number of hydrogen-bond donors (Lipinski definition) is 0. The number of nitrogens with zero attached hydrogens (tertiary/aromatic N) is 2. The van der Waals surface area contributed by atoms with Crippen molar-refractivity contribution in [1.82, 2.24) is 9.55 Å². The van der Waals surface area contributed by atoms with Crippen molar-refractivity contribution in [2.75, 3.05) is 13.2 Å². The molecule has 5 heteroatoms. The van der Waals surface area contributed by atoms with E-state index in [9.17, 15) is 4.79 Å². The first kappa shape index (κ1) is 12.2. The molecule has 0 N–H and O–H groups in total. The minimum absolute atomic E-state index is 0.00561. The summed E-state index contributed by atoms with van der Waals surface area (Å²) in [4.78, 5) is 15.1. The number of unbranched alkanes of at least 4 members (excludes halogenated alkanes) is 1. The molecule has 0 radical (unpaired) electrons. The summed E-state index contributed by atoms with van der Waals surface area (Å²) < 4.78 is 6.85. The zero-order valence-corrected chi connectivity index (χ0v) is 9.54. The fourth-order valence-corrected chi connectivity index (χ4v) is 1.27. The molecule has 4 nitrogen and oxygen atoms in total. The van der Waals surface area contributed by atoms with E-state index >= 15 is 0 Å². The molecule has 1 aromatic rings. The molecule has 0 saturated heterocycles. The predicted molar refractivity (Wildman–Crippen MR) is 59.2 cm³/mol. The molecule has 1 heterocycles. The summed E-state index contributed by atoms with van der Waals surface area (Å²) in [7, 11) is 0. The summed E-state index contributed by atoms with van der Waals surface area (Å²) in [6, 6.07) is 0. The van der Waals surface area contributed by atoms with Crippen molar-refractivity contribution in [2.24, 2.45) is 0 Å². The number of aromatic nitrogens is 2. The number of rotatable bonds is 6. The topological polar surface area (TPSA) is 44.1 Å². The van der Waals surface area contributed by atoms with Gasteiger partial charge in [-0.2, -0.15) is 0 Å². The number of hydrogen-bond acceptors (Lipinski definition) is 3. The molecule has 0 bridgehead atoms. The zero-order chi connectivity index (χ0) is 11.1. The smallest absolute Gasteiger partial charge is 0.288 e. The van der Waals surface area contributed by atoms with E-state index in [1.54, 1.807) is 6.20 Å². The van der Waals surface area contributed by atoms with Crippen LogP contribution in [0.1, 0.15) is 19.8 Å². The van der Waals surface area contributed by atoms with Gasteiger partial charge in [-0.15, -0.1) is 0 Å². The van der Waals surface area contributed by atoms with E-state index in [1.807, 2.05) is 0 Å². The van der Waals surface area contributed by atoms with Gasteiger partial charge in [-0.3, -0.25) is 4.79 Å². The molecule has 15 heavy (non-hydrogen) atoms. The van der Waals surface area contributed by atoms with Crippen LogP contribution in [0.25, 0.3) is 0 Å². The highest BCUT2D eigenvalue weighted by atomic mass is 35.5. The van der Waals surface area contributed by atoms with E-state index in [0.29, 0.717) is 13.2 Å². The fourth-order valence-electron chi connectivity index (χ4n) is 1.11. The van der Waals surface area contributed by atoms with Crippen LogP contribution in [0.2, 0.25) is 5.15 Å². The lowest BCUT2D eigenvalue weighted by Gasteiger charge is -2.05. The van der Waals surface area contributed by atoms with Gasteiger partial charge in [0, 0.05) is 25.5 Å². The molecule has 0 aromatic carbocycles. The van der Waals surface area contributed by atoms with Gasteiger partial charge in [-0.05, 0) is 6.42 Å². The van der Waals surface area contributed by atoms with Crippen molar-refractivity contribution in [3.8, 4) is 0 Å². The Labute approximate surface area is 93.8 Å². The Bertz CT molecular complexity index is 352. The fraction of sp³-hybridized carbons (Fsp3) is 0.600. The molecule has 0 fully saturated rings. The Hall–Kier alpha value is -0.870. The first-order valence-electron chi connectivity index (χ1n) is 5.04. The van der Waals surface area contributed by atoms with Crippen LogP contribution in [0.3, 0.4) is 0 Å². The molecule has 84 valence electrons. The van der Waals surface area contributed by atoms with E-state index < -0.39 is 0 Å². The zero-order valence-electron chi connectivity index (χ0n) is 8.78. The third-order valence-electron chi connectivity index (χ3n) is 1.99. The van der Waals surface area contributed by atoms with Crippen LogP contribution < -0.4 is 5.56 Å². The monoisotopic (exact) mass is 230 g/mol. The highest BCUT2D eigenvalue weighted by Gasteiger charge is 2.00. The van der Waals surface area contributed by atoms with Crippen molar-refractivity contribution < 1.29 is 4.74 Å². The largest absolute Gasteiger partial charge is 0.380 e. The Kier molecular flexibility index (Phi) is 5.36. The summed E-state index contributed by atoms with van der Waals surface area (Å²) >= 11 is 5.59. The van der Waals surface area contributed by atoms with Crippen molar-refractivity contribution in [2.45, 2.75) is 26.3 Å². The molecule has 0 spiro atoms. The first-order valence-corrected chi connectivity index (χ1v) is 5.42. The van der Waals surface area contributed by atoms with Crippen molar-refractivity contribution in [3.05, 3.63) is 27.9 Å². The van der Waals surface area contributed by atoms with Gasteiger partial charge < -0.3 is 9.30 Å². The van der Waals surface area contributed by atoms with E-state index in [2.05, 4.69) is 11.9 Å². The van der Waals surface area contributed by atoms with Gasteiger partial charge >= 0.3 is 0 Å². The average molecular weight is 231 g/mol. The van der Waals surface area contributed by atoms with Crippen LogP contribution in [-0.4, -0.2) is 22.8 Å². The van der Waals surface area contributed by atoms with Crippen LogP contribution >= 0.6 is 11.6 Å². The Morgan fingerprint density at radius 1 is 1.53 bits per heavy atom. The minimum atomic E-state index is -0.266. The lowest BCUT2D eigenvalue weighted by molar-refractivity contribution is 0.123. The quantitative estimate of drug-likeness (QED) is 0.699. The van der Waals surface area contributed by atoms with Gasteiger partial charge in [-0.25, -0.2) is 4.98 Å². The molecule has 0 unspecified atom stereocenters. The molecular formula is C10H15ClN2O2. The van der Waals surface area contributed by atoms with Crippen molar-refractivity contribution in [3.63, 3.8) is 0 Å². The molecule has 0 aliphatic carbocycles. The van der Waals surface area contributed by atoms with Crippen molar-refractivity contribution >= 4 is 11.6 Å². The van der Waals surface area contributed by atoms with Gasteiger partial charge in [0.25, 0.3) is 5.56 Å². The predicted octanol–water partition coefficient (Wildman–Crippen LogP) is 1.71. The summed E-state index contributed by atoms with van der Waals surface area (Å²) in [6.07, 6.45) is 5.28. The summed E-state index contributed by atoms with van der Waals surface area (Å²) in [6.45, 7) is 3.89. The lowest BCUT2D eigenvalue weighted by Crippen LogP contribution is -2.22. The Morgan fingerprint density at radius 3 is 3.07 bits per heavy atom. The van der Waals surface area contributed by atoms with Crippen LogP contribution in [0.15, 0.2) is 17.2 Å². The molecule has 0 amide bonds. The first-order chi connectivity index (χ1) is 7.25. The molecular weight excluding hydrogens is 216 g/mol.